The molecule has 3 rings (SSSR count). The van der Waals surface area contributed by atoms with Crippen molar-refractivity contribution in [3.63, 3.8) is 0 Å². The van der Waals surface area contributed by atoms with Gasteiger partial charge in [0.15, 0.2) is 0 Å². The van der Waals surface area contributed by atoms with E-state index in [0.717, 1.165) is 18.9 Å². The molecule has 0 bridgehead atoms. The quantitative estimate of drug-likeness (QED) is 0.677. The zero-order chi connectivity index (χ0) is 13.9. The van der Waals surface area contributed by atoms with E-state index < -0.39 is 0 Å². The lowest BCUT2D eigenvalue weighted by atomic mass is 9.76. The zero-order valence-corrected chi connectivity index (χ0v) is 11.9. The van der Waals surface area contributed by atoms with Crippen molar-refractivity contribution in [2.24, 2.45) is 5.92 Å². The third-order valence-electron chi connectivity index (χ3n) is 4.53. The first kappa shape index (κ1) is 13.4. The molecule has 1 N–H and O–H groups in total. The molecule has 3 nitrogen and oxygen atoms in total. The fourth-order valence-electron chi connectivity index (χ4n) is 3.04. The Morgan fingerprint density at radius 1 is 1.25 bits per heavy atom. The molecule has 1 aliphatic heterocycles. The summed E-state index contributed by atoms with van der Waals surface area (Å²) < 4.78 is 4.73. The second kappa shape index (κ2) is 5.80. The molecular formula is C17H21NO2. The van der Waals surface area contributed by atoms with Crippen molar-refractivity contribution in [2.75, 3.05) is 13.7 Å². The van der Waals surface area contributed by atoms with Gasteiger partial charge in [0.2, 0.25) is 0 Å². The van der Waals surface area contributed by atoms with E-state index in [2.05, 4.69) is 11.4 Å². The Bertz CT molecular complexity index is 514. The number of carbonyl (C=O) groups is 1. The fourth-order valence-corrected chi connectivity index (χ4v) is 3.04. The van der Waals surface area contributed by atoms with Gasteiger partial charge in [-0.3, -0.25) is 0 Å². The molecule has 0 saturated heterocycles. The number of hydrogen-bond donors (Lipinski definition) is 1. The molecule has 1 aliphatic carbocycles. The molecule has 0 aromatic heterocycles. The number of esters is 1. The number of rotatable bonds is 3. The molecule has 0 spiro atoms. The highest BCUT2D eigenvalue weighted by molar-refractivity contribution is 5.89. The van der Waals surface area contributed by atoms with E-state index in [1.807, 2.05) is 24.3 Å². The van der Waals surface area contributed by atoms with Crippen LogP contribution in [0.3, 0.4) is 0 Å². The van der Waals surface area contributed by atoms with Gasteiger partial charge in [0.05, 0.1) is 12.7 Å². The van der Waals surface area contributed by atoms with E-state index in [0.29, 0.717) is 11.6 Å². The van der Waals surface area contributed by atoms with E-state index in [1.54, 1.807) is 5.57 Å². The van der Waals surface area contributed by atoms with Crippen LogP contribution in [0.5, 0.6) is 0 Å². The van der Waals surface area contributed by atoms with Gasteiger partial charge in [-0.05, 0) is 42.9 Å². The molecule has 0 radical (unpaired) electrons. The second-order valence-corrected chi connectivity index (χ2v) is 5.69. The van der Waals surface area contributed by atoms with E-state index >= 15 is 0 Å². The highest BCUT2D eigenvalue weighted by Gasteiger charge is 2.26. The summed E-state index contributed by atoms with van der Waals surface area (Å²) in [6.07, 6.45) is 7.57. The van der Waals surface area contributed by atoms with Crippen molar-refractivity contribution in [3.05, 3.63) is 47.0 Å². The molecule has 106 valence electrons. The van der Waals surface area contributed by atoms with Crippen molar-refractivity contribution in [3.8, 4) is 0 Å². The Balaban J connectivity index is 1.70. The first-order valence-corrected chi connectivity index (χ1v) is 7.38. The average Bonchev–Trinajstić information content (AvgIpc) is 2.45. The van der Waals surface area contributed by atoms with Crippen LogP contribution in [0.15, 0.2) is 35.9 Å². The molecule has 1 fully saturated rings. The topological polar surface area (TPSA) is 38.3 Å². The maximum atomic E-state index is 11.4. The van der Waals surface area contributed by atoms with Gasteiger partial charge in [0, 0.05) is 12.6 Å². The number of ether oxygens (including phenoxy) is 1. The largest absolute Gasteiger partial charge is 0.465 e. The molecule has 1 unspecified atom stereocenters. The monoisotopic (exact) mass is 271 g/mol. The van der Waals surface area contributed by atoms with E-state index in [9.17, 15) is 4.79 Å². The Hall–Kier alpha value is -1.61. The highest BCUT2D eigenvalue weighted by Crippen LogP contribution is 2.38. The summed E-state index contributed by atoms with van der Waals surface area (Å²) in [5, 5.41) is 3.54. The van der Waals surface area contributed by atoms with Crippen LogP contribution in [0.25, 0.3) is 0 Å². The summed E-state index contributed by atoms with van der Waals surface area (Å²) in [6, 6.07) is 8.15. The smallest absolute Gasteiger partial charge is 0.337 e. The molecular weight excluding hydrogens is 250 g/mol. The Morgan fingerprint density at radius 2 is 2.00 bits per heavy atom. The van der Waals surface area contributed by atoms with Gasteiger partial charge in [0.1, 0.15) is 0 Å². The average molecular weight is 271 g/mol. The predicted octanol–water partition coefficient (Wildman–Crippen LogP) is 3.23. The van der Waals surface area contributed by atoms with Crippen LogP contribution in [-0.2, 0) is 4.74 Å². The molecule has 1 aromatic rings. The Morgan fingerprint density at radius 3 is 2.60 bits per heavy atom. The van der Waals surface area contributed by atoms with Gasteiger partial charge in [-0.1, -0.05) is 30.2 Å². The molecule has 2 aliphatic rings. The molecule has 1 atom stereocenters. The minimum Gasteiger partial charge on any atom is -0.465 e. The maximum absolute atomic E-state index is 11.4. The standard InChI is InChI=1S/C17H21NO2/c1-20-17(19)14-7-5-13(6-8-14)16-11-15(9-10-18-16)12-3-2-4-12/h5-9,12,16,18H,2-4,10-11H2,1H3. The minimum atomic E-state index is -0.275. The summed E-state index contributed by atoms with van der Waals surface area (Å²) in [5.41, 5.74) is 3.49. The first-order chi connectivity index (χ1) is 9.78. The van der Waals surface area contributed by atoms with Crippen LogP contribution >= 0.6 is 0 Å². The summed E-state index contributed by atoms with van der Waals surface area (Å²) in [7, 11) is 1.41. The van der Waals surface area contributed by atoms with Gasteiger partial charge in [0.25, 0.3) is 0 Å². The van der Waals surface area contributed by atoms with Crippen molar-refractivity contribution >= 4 is 5.97 Å². The summed E-state index contributed by atoms with van der Waals surface area (Å²) in [4.78, 5) is 11.4. The normalized spacial score (nSPS) is 22.9. The first-order valence-electron chi connectivity index (χ1n) is 7.38. The van der Waals surface area contributed by atoms with E-state index in [1.165, 1.54) is 31.9 Å². The fraction of sp³-hybridized carbons (Fsp3) is 0.471. The van der Waals surface area contributed by atoms with Crippen LogP contribution in [0.2, 0.25) is 0 Å². The number of carbonyl (C=O) groups excluding carboxylic acids is 1. The molecule has 1 heterocycles. The maximum Gasteiger partial charge on any atom is 0.337 e. The Kier molecular flexibility index (Phi) is 3.88. The van der Waals surface area contributed by atoms with Gasteiger partial charge < -0.3 is 10.1 Å². The molecule has 1 saturated carbocycles. The van der Waals surface area contributed by atoms with Gasteiger partial charge >= 0.3 is 5.97 Å². The van der Waals surface area contributed by atoms with E-state index in [4.69, 9.17) is 4.74 Å². The molecule has 1 aromatic carbocycles. The zero-order valence-electron chi connectivity index (χ0n) is 11.9. The van der Waals surface area contributed by atoms with Crippen molar-refractivity contribution in [1.29, 1.82) is 0 Å². The third-order valence-corrected chi connectivity index (χ3v) is 4.53. The number of nitrogens with one attached hydrogen (secondary N) is 1. The summed E-state index contributed by atoms with van der Waals surface area (Å²) in [5.74, 6) is 0.553. The lowest BCUT2D eigenvalue weighted by Gasteiger charge is -2.34. The van der Waals surface area contributed by atoms with Crippen LogP contribution < -0.4 is 5.32 Å². The number of methoxy groups -OCH3 is 1. The van der Waals surface area contributed by atoms with Gasteiger partial charge in [-0.15, -0.1) is 0 Å². The van der Waals surface area contributed by atoms with Crippen LogP contribution in [0.1, 0.15) is 47.6 Å². The van der Waals surface area contributed by atoms with Gasteiger partial charge in [-0.2, -0.15) is 0 Å². The highest BCUT2D eigenvalue weighted by atomic mass is 16.5. The van der Waals surface area contributed by atoms with Crippen LogP contribution in [0.4, 0.5) is 0 Å². The molecule has 3 heteroatoms. The number of benzene rings is 1. The molecule has 0 amide bonds. The minimum absolute atomic E-state index is 0.275. The van der Waals surface area contributed by atoms with Crippen LogP contribution in [-0.4, -0.2) is 19.6 Å². The predicted molar refractivity (Wildman–Crippen MR) is 78.6 cm³/mol. The van der Waals surface area contributed by atoms with Crippen molar-refractivity contribution < 1.29 is 9.53 Å². The van der Waals surface area contributed by atoms with E-state index in [-0.39, 0.29) is 5.97 Å². The number of hydrogen-bond acceptors (Lipinski definition) is 3. The molecule has 20 heavy (non-hydrogen) atoms. The Labute approximate surface area is 120 Å². The van der Waals surface area contributed by atoms with Crippen molar-refractivity contribution in [2.45, 2.75) is 31.7 Å². The van der Waals surface area contributed by atoms with Gasteiger partial charge in [-0.25, -0.2) is 4.79 Å². The third kappa shape index (κ3) is 2.63. The lowest BCUT2D eigenvalue weighted by Crippen LogP contribution is -2.29. The SMILES string of the molecule is COC(=O)c1ccc(C2CC(C3CCC3)=CCN2)cc1. The summed E-state index contributed by atoms with van der Waals surface area (Å²) >= 11 is 0. The lowest BCUT2D eigenvalue weighted by molar-refractivity contribution is 0.0600. The second-order valence-electron chi connectivity index (χ2n) is 5.69. The van der Waals surface area contributed by atoms with Crippen LogP contribution in [0, 0.1) is 5.92 Å². The van der Waals surface area contributed by atoms with Crippen molar-refractivity contribution in [1.82, 2.24) is 5.32 Å². The summed E-state index contributed by atoms with van der Waals surface area (Å²) in [6.45, 7) is 0.954.